The lowest BCUT2D eigenvalue weighted by atomic mass is 10.1. The number of aromatic nitrogens is 2. The molecule has 7 heteroatoms. The van der Waals surface area contributed by atoms with Crippen molar-refractivity contribution in [1.82, 2.24) is 14.5 Å². The third-order valence-corrected chi connectivity index (χ3v) is 6.21. The van der Waals surface area contributed by atoms with Crippen molar-refractivity contribution in [2.45, 2.75) is 39.3 Å². The van der Waals surface area contributed by atoms with Crippen LogP contribution in [0, 0.1) is 25.2 Å². The van der Waals surface area contributed by atoms with Gasteiger partial charge in [-0.05, 0) is 56.5 Å². The SMILES string of the molecule is Cc1cc(/C=C(\C#N)C(=O)N2CCN(c3ccccn3)CC2)c(C)n1CC1CCCO1. The highest BCUT2D eigenvalue weighted by Crippen LogP contribution is 2.23. The molecule has 1 amide bonds. The smallest absolute Gasteiger partial charge is 0.264 e. The predicted molar refractivity (Wildman–Crippen MR) is 120 cm³/mol. The number of pyridine rings is 1. The number of nitrogens with zero attached hydrogens (tertiary/aromatic N) is 5. The third-order valence-electron chi connectivity index (χ3n) is 6.21. The summed E-state index contributed by atoms with van der Waals surface area (Å²) in [5, 5.41) is 9.70. The normalized spacial score (nSPS) is 19.5. The molecule has 0 N–H and O–H groups in total. The van der Waals surface area contributed by atoms with Gasteiger partial charge >= 0.3 is 0 Å². The van der Waals surface area contributed by atoms with Gasteiger partial charge in [0.05, 0.1) is 6.10 Å². The Labute approximate surface area is 183 Å². The fraction of sp³-hybridized carbons (Fsp3) is 0.458. The Morgan fingerprint density at radius 1 is 1.29 bits per heavy atom. The molecule has 0 spiro atoms. The number of anilines is 1. The fourth-order valence-electron chi connectivity index (χ4n) is 4.39. The number of nitriles is 1. The molecular formula is C24H29N5O2. The zero-order valence-electron chi connectivity index (χ0n) is 18.3. The van der Waals surface area contributed by atoms with Crippen LogP contribution < -0.4 is 4.90 Å². The Bertz CT molecular complexity index is 991. The zero-order chi connectivity index (χ0) is 21.8. The van der Waals surface area contributed by atoms with Crippen LogP contribution in [0.4, 0.5) is 5.82 Å². The summed E-state index contributed by atoms with van der Waals surface area (Å²) in [5.74, 6) is 0.719. The lowest BCUT2D eigenvalue weighted by Gasteiger charge is -2.35. The van der Waals surface area contributed by atoms with Crippen molar-refractivity contribution in [1.29, 1.82) is 5.26 Å². The van der Waals surface area contributed by atoms with Crippen LogP contribution in [0.1, 0.15) is 29.8 Å². The average molecular weight is 420 g/mol. The molecule has 4 rings (SSSR count). The van der Waals surface area contributed by atoms with Crippen molar-refractivity contribution in [2.75, 3.05) is 37.7 Å². The summed E-state index contributed by atoms with van der Waals surface area (Å²) in [6, 6.07) is 10.0. The Kier molecular flexibility index (Phi) is 6.38. The molecule has 31 heavy (non-hydrogen) atoms. The largest absolute Gasteiger partial charge is 0.376 e. The summed E-state index contributed by atoms with van der Waals surface area (Å²) in [5.41, 5.74) is 3.29. The van der Waals surface area contributed by atoms with Gasteiger partial charge in [0.25, 0.3) is 5.91 Å². The molecule has 0 saturated carbocycles. The molecule has 2 aromatic rings. The van der Waals surface area contributed by atoms with Crippen molar-refractivity contribution in [3.05, 3.63) is 53.0 Å². The Morgan fingerprint density at radius 3 is 2.74 bits per heavy atom. The quantitative estimate of drug-likeness (QED) is 0.550. The Morgan fingerprint density at radius 2 is 2.10 bits per heavy atom. The van der Waals surface area contributed by atoms with E-state index in [0.717, 1.165) is 48.8 Å². The van der Waals surface area contributed by atoms with Crippen molar-refractivity contribution in [3.63, 3.8) is 0 Å². The van der Waals surface area contributed by atoms with Crippen LogP contribution in [-0.2, 0) is 16.1 Å². The molecule has 2 saturated heterocycles. The van der Waals surface area contributed by atoms with E-state index in [-0.39, 0.29) is 17.6 Å². The molecule has 7 nitrogen and oxygen atoms in total. The molecule has 2 aliphatic rings. The Hall–Kier alpha value is -3.11. The maximum absolute atomic E-state index is 13.0. The van der Waals surface area contributed by atoms with Gasteiger partial charge in [-0.1, -0.05) is 6.07 Å². The first-order valence-corrected chi connectivity index (χ1v) is 10.9. The van der Waals surface area contributed by atoms with Crippen molar-refractivity contribution >= 4 is 17.8 Å². The first kappa shape index (κ1) is 21.1. The third kappa shape index (κ3) is 4.64. The van der Waals surface area contributed by atoms with E-state index in [1.165, 1.54) is 0 Å². The zero-order valence-corrected chi connectivity index (χ0v) is 18.3. The van der Waals surface area contributed by atoms with Gasteiger partial charge in [-0.2, -0.15) is 5.26 Å². The molecule has 2 aromatic heterocycles. The molecule has 1 atom stereocenters. The van der Waals surface area contributed by atoms with Crippen LogP contribution in [0.25, 0.3) is 6.08 Å². The predicted octanol–water partition coefficient (Wildman–Crippen LogP) is 2.93. The number of ether oxygens (including phenoxy) is 1. The highest BCUT2D eigenvalue weighted by molar-refractivity contribution is 6.02. The fourth-order valence-corrected chi connectivity index (χ4v) is 4.39. The number of aryl methyl sites for hydroxylation is 1. The number of carbonyl (C=O) groups excluding carboxylic acids is 1. The van der Waals surface area contributed by atoms with Crippen LogP contribution >= 0.6 is 0 Å². The van der Waals surface area contributed by atoms with E-state index in [1.54, 1.807) is 17.2 Å². The number of hydrogen-bond donors (Lipinski definition) is 0. The second kappa shape index (κ2) is 9.36. The molecule has 1 unspecified atom stereocenters. The molecule has 0 bridgehead atoms. The second-order valence-corrected chi connectivity index (χ2v) is 8.21. The molecular weight excluding hydrogens is 390 g/mol. The average Bonchev–Trinajstić information content (AvgIpc) is 3.41. The molecule has 2 aliphatic heterocycles. The molecule has 162 valence electrons. The van der Waals surface area contributed by atoms with Crippen LogP contribution in [0.5, 0.6) is 0 Å². The number of hydrogen-bond acceptors (Lipinski definition) is 5. The molecule has 0 aromatic carbocycles. The maximum Gasteiger partial charge on any atom is 0.264 e. The van der Waals surface area contributed by atoms with E-state index in [2.05, 4.69) is 27.4 Å². The van der Waals surface area contributed by atoms with Gasteiger partial charge in [0.1, 0.15) is 17.5 Å². The van der Waals surface area contributed by atoms with Gasteiger partial charge in [0.15, 0.2) is 0 Å². The standard InChI is InChI=1S/C24H29N5O2/c1-18-14-20(19(2)29(18)17-22-6-5-13-31-22)15-21(16-25)24(30)28-11-9-27(10-12-28)23-7-3-4-8-26-23/h3-4,7-8,14-15,22H,5-6,9-13,17H2,1-2H3/b21-15+. The van der Waals surface area contributed by atoms with Crippen LogP contribution in [-0.4, -0.2) is 59.2 Å². The number of piperazine rings is 1. The van der Waals surface area contributed by atoms with Crippen LogP contribution in [0.15, 0.2) is 36.0 Å². The van der Waals surface area contributed by atoms with Gasteiger partial charge in [-0.3, -0.25) is 4.79 Å². The van der Waals surface area contributed by atoms with Crippen molar-refractivity contribution in [2.24, 2.45) is 0 Å². The number of rotatable bonds is 5. The van der Waals surface area contributed by atoms with Gasteiger partial charge in [-0.15, -0.1) is 0 Å². The van der Waals surface area contributed by atoms with Crippen LogP contribution in [0.2, 0.25) is 0 Å². The topological polar surface area (TPSA) is 74.4 Å². The lowest BCUT2D eigenvalue weighted by Crippen LogP contribution is -2.49. The van der Waals surface area contributed by atoms with Gasteiger partial charge < -0.3 is 19.1 Å². The van der Waals surface area contributed by atoms with E-state index in [9.17, 15) is 10.1 Å². The van der Waals surface area contributed by atoms with Gasteiger partial charge in [0.2, 0.25) is 0 Å². The second-order valence-electron chi connectivity index (χ2n) is 8.21. The van der Waals surface area contributed by atoms with Crippen molar-refractivity contribution < 1.29 is 9.53 Å². The summed E-state index contributed by atoms with van der Waals surface area (Å²) in [4.78, 5) is 21.3. The van der Waals surface area contributed by atoms with Crippen LogP contribution in [0.3, 0.4) is 0 Å². The summed E-state index contributed by atoms with van der Waals surface area (Å²) in [6.45, 7) is 8.31. The Balaban J connectivity index is 1.45. The minimum absolute atomic E-state index is 0.184. The first-order valence-electron chi connectivity index (χ1n) is 10.9. The van der Waals surface area contributed by atoms with E-state index < -0.39 is 0 Å². The molecule has 0 aliphatic carbocycles. The van der Waals surface area contributed by atoms with Gasteiger partial charge in [-0.25, -0.2) is 4.98 Å². The molecule has 4 heterocycles. The maximum atomic E-state index is 13.0. The van der Waals surface area contributed by atoms with Gasteiger partial charge in [0, 0.05) is 56.9 Å². The first-order chi connectivity index (χ1) is 15.1. The number of amides is 1. The van der Waals surface area contributed by atoms with E-state index >= 15 is 0 Å². The highest BCUT2D eigenvalue weighted by Gasteiger charge is 2.25. The molecule has 0 radical (unpaired) electrons. The minimum atomic E-state index is -0.202. The van der Waals surface area contributed by atoms with E-state index in [4.69, 9.17) is 4.74 Å². The van der Waals surface area contributed by atoms with Crippen molar-refractivity contribution in [3.8, 4) is 6.07 Å². The van der Waals surface area contributed by atoms with E-state index in [0.29, 0.717) is 26.2 Å². The summed E-state index contributed by atoms with van der Waals surface area (Å²) in [6.07, 6.45) is 5.95. The summed E-state index contributed by atoms with van der Waals surface area (Å²) < 4.78 is 8.01. The summed E-state index contributed by atoms with van der Waals surface area (Å²) in [7, 11) is 0. The highest BCUT2D eigenvalue weighted by atomic mass is 16.5. The lowest BCUT2D eigenvalue weighted by molar-refractivity contribution is -0.126. The minimum Gasteiger partial charge on any atom is -0.376 e. The number of carbonyl (C=O) groups is 1. The monoisotopic (exact) mass is 419 g/mol. The van der Waals surface area contributed by atoms with E-state index in [1.807, 2.05) is 31.2 Å². The summed E-state index contributed by atoms with van der Waals surface area (Å²) >= 11 is 0. The molecule has 2 fully saturated rings.